The lowest BCUT2D eigenvalue weighted by Crippen LogP contribution is -2.39. The van der Waals surface area contributed by atoms with E-state index < -0.39 is 0 Å². The Labute approximate surface area is 117 Å². The van der Waals surface area contributed by atoms with Gasteiger partial charge in [0.05, 0.1) is 0 Å². The van der Waals surface area contributed by atoms with Crippen molar-refractivity contribution in [3.8, 4) is 0 Å². The van der Waals surface area contributed by atoms with Crippen molar-refractivity contribution < 1.29 is 0 Å². The fraction of sp³-hybridized carbons (Fsp3) is 0.333. The van der Waals surface area contributed by atoms with Crippen LogP contribution in [0.25, 0.3) is 0 Å². The SMILES string of the molecule is CCCn1ccc(=O)n(CCc2ccccc2N)c1=O. The summed E-state index contributed by atoms with van der Waals surface area (Å²) in [7, 11) is 0. The highest BCUT2D eigenvalue weighted by Crippen LogP contribution is 2.11. The van der Waals surface area contributed by atoms with Crippen LogP contribution in [-0.4, -0.2) is 9.13 Å². The Morgan fingerprint density at radius 2 is 1.85 bits per heavy atom. The molecule has 1 heterocycles. The molecule has 0 radical (unpaired) electrons. The van der Waals surface area contributed by atoms with Crippen molar-refractivity contribution in [2.75, 3.05) is 5.73 Å². The first-order chi connectivity index (χ1) is 9.63. The van der Waals surface area contributed by atoms with E-state index in [-0.39, 0.29) is 11.2 Å². The molecule has 2 N–H and O–H groups in total. The Balaban J connectivity index is 2.26. The van der Waals surface area contributed by atoms with Crippen molar-refractivity contribution >= 4 is 5.69 Å². The van der Waals surface area contributed by atoms with Crippen molar-refractivity contribution in [2.45, 2.75) is 32.9 Å². The molecule has 5 heteroatoms. The molecular weight excluding hydrogens is 254 g/mol. The van der Waals surface area contributed by atoms with Gasteiger partial charge in [0.15, 0.2) is 0 Å². The first-order valence-corrected chi connectivity index (χ1v) is 6.77. The van der Waals surface area contributed by atoms with E-state index in [0.717, 1.165) is 12.0 Å². The number of rotatable bonds is 5. The summed E-state index contributed by atoms with van der Waals surface area (Å²) in [6, 6.07) is 8.92. The molecule has 2 aromatic rings. The third-order valence-corrected chi connectivity index (χ3v) is 3.26. The van der Waals surface area contributed by atoms with Gasteiger partial charge in [-0.25, -0.2) is 4.79 Å². The second kappa shape index (κ2) is 6.23. The molecule has 5 nitrogen and oxygen atoms in total. The van der Waals surface area contributed by atoms with E-state index in [1.165, 1.54) is 10.6 Å². The maximum atomic E-state index is 12.2. The van der Waals surface area contributed by atoms with Gasteiger partial charge in [-0.3, -0.25) is 9.36 Å². The van der Waals surface area contributed by atoms with E-state index in [1.54, 1.807) is 10.8 Å². The minimum Gasteiger partial charge on any atom is -0.399 e. The highest BCUT2D eigenvalue weighted by atomic mass is 16.2. The summed E-state index contributed by atoms with van der Waals surface area (Å²) in [6.45, 7) is 2.95. The zero-order chi connectivity index (χ0) is 14.5. The summed E-state index contributed by atoms with van der Waals surface area (Å²) < 4.78 is 2.83. The van der Waals surface area contributed by atoms with Crippen LogP contribution in [0.4, 0.5) is 5.69 Å². The van der Waals surface area contributed by atoms with Crippen LogP contribution in [0.2, 0.25) is 0 Å². The normalized spacial score (nSPS) is 10.7. The number of para-hydroxylation sites is 1. The lowest BCUT2D eigenvalue weighted by atomic mass is 10.1. The second-order valence-electron chi connectivity index (χ2n) is 4.73. The maximum absolute atomic E-state index is 12.2. The molecule has 0 aliphatic carbocycles. The van der Waals surface area contributed by atoms with Crippen LogP contribution in [-0.2, 0) is 19.5 Å². The van der Waals surface area contributed by atoms with Gasteiger partial charge in [0.25, 0.3) is 5.56 Å². The highest BCUT2D eigenvalue weighted by Gasteiger charge is 2.06. The van der Waals surface area contributed by atoms with Gasteiger partial charge < -0.3 is 10.3 Å². The maximum Gasteiger partial charge on any atom is 0.330 e. The van der Waals surface area contributed by atoms with E-state index in [2.05, 4.69) is 0 Å². The summed E-state index contributed by atoms with van der Waals surface area (Å²) in [6.07, 6.45) is 2.98. The number of hydrogen-bond donors (Lipinski definition) is 1. The molecule has 0 amide bonds. The molecule has 20 heavy (non-hydrogen) atoms. The van der Waals surface area contributed by atoms with Gasteiger partial charge >= 0.3 is 5.69 Å². The number of nitrogens with two attached hydrogens (primary N) is 1. The monoisotopic (exact) mass is 273 g/mol. The van der Waals surface area contributed by atoms with Crippen LogP contribution in [0.3, 0.4) is 0 Å². The number of aryl methyl sites for hydroxylation is 2. The van der Waals surface area contributed by atoms with Gasteiger partial charge in [-0.05, 0) is 24.5 Å². The average Bonchev–Trinajstić information content (AvgIpc) is 2.44. The van der Waals surface area contributed by atoms with Crippen LogP contribution in [0.15, 0.2) is 46.1 Å². The van der Waals surface area contributed by atoms with Gasteiger partial charge in [0.2, 0.25) is 0 Å². The summed E-state index contributed by atoms with van der Waals surface area (Å²) in [4.78, 5) is 24.0. The fourth-order valence-corrected chi connectivity index (χ4v) is 2.17. The van der Waals surface area contributed by atoms with Crippen molar-refractivity contribution in [2.24, 2.45) is 0 Å². The first kappa shape index (κ1) is 14.1. The summed E-state index contributed by atoms with van der Waals surface area (Å²) in [5.41, 5.74) is 6.98. The van der Waals surface area contributed by atoms with Crippen molar-refractivity contribution in [1.82, 2.24) is 9.13 Å². The third-order valence-electron chi connectivity index (χ3n) is 3.26. The molecule has 1 aromatic heterocycles. The second-order valence-corrected chi connectivity index (χ2v) is 4.73. The van der Waals surface area contributed by atoms with Crippen LogP contribution in [0.1, 0.15) is 18.9 Å². The Hall–Kier alpha value is -2.30. The number of anilines is 1. The molecule has 0 aliphatic heterocycles. The molecule has 106 valence electrons. The standard InChI is InChI=1S/C15H19N3O2/c1-2-9-17-10-8-14(19)18(15(17)20)11-7-12-5-3-4-6-13(12)16/h3-6,8,10H,2,7,9,11,16H2,1H3. The minimum atomic E-state index is -0.267. The number of nitrogen functional groups attached to an aromatic ring is 1. The van der Waals surface area contributed by atoms with Crippen LogP contribution in [0.5, 0.6) is 0 Å². The quantitative estimate of drug-likeness (QED) is 0.833. The van der Waals surface area contributed by atoms with E-state index >= 15 is 0 Å². The molecule has 0 fully saturated rings. The summed E-state index contributed by atoms with van der Waals surface area (Å²) in [5, 5.41) is 0. The lowest BCUT2D eigenvalue weighted by molar-refractivity contribution is 0.545. The van der Waals surface area contributed by atoms with E-state index in [0.29, 0.717) is 25.2 Å². The van der Waals surface area contributed by atoms with Crippen LogP contribution in [0, 0.1) is 0 Å². The largest absolute Gasteiger partial charge is 0.399 e. The van der Waals surface area contributed by atoms with Crippen molar-refractivity contribution in [3.05, 3.63) is 62.9 Å². The number of nitrogens with zero attached hydrogens (tertiary/aromatic N) is 2. The lowest BCUT2D eigenvalue weighted by Gasteiger charge is -2.10. The van der Waals surface area contributed by atoms with Gasteiger partial charge in [0, 0.05) is 31.0 Å². The van der Waals surface area contributed by atoms with Gasteiger partial charge in [0.1, 0.15) is 0 Å². The number of benzene rings is 1. The molecule has 0 bridgehead atoms. The highest BCUT2D eigenvalue weighted by molar-refractivity contribution is 5.46. The Morgan fingerprint density at radius 1 is 1.10 bits per heavy atom. The zero-order valence-electron chi connectivity index (χ0n) is 11.6. The van der Waals surface area contributed by atoms with Gasteiger partial charge in [-0.15, -0.1) is 0 Å². The molecular formula is C15H19N3O2. The molecule has 0 saturated heterocycles. The molecule has 2 rings (SSSR count). The number of hydrogen-bond acceptors (Lipinski definition) is 3. The predicted octanol–water partition coefficient (Wildman–Crippen LogP) is 1.24. The van der Waals surface area contributed by atoms with E-state index in [9.17, 15) is 9.59 Å². The fourth-order valence-electron chi connectivity index (χ4n) is 2.17. The van der Waals surface area contributed by atoms with Crippen molar-refractivity contribution in [3.63, 3.8) is 0 Å². The topological polar surface area (TPSA) is 70.0 Å². The van der Waals surface area contributed by atoms with Crippen molar-refractivity contribution in [1.29, 1.82) is 0 Å². The predicted molar refractivity (Wildman–Crippen MR) is 79.8 cm³/mol. The Bertz CT molecular complexity index is 701. The molecule has 0 aliphatic rings. The minimum absolute atomic E-state index is 0.256. The van der Waals surface area contributed by atoms with Crippen LogP contribution < -0.4 is 17.0 Å². The Morgan fingerprint density at radius 3 is 2.55 bits per heavy atom. The average molecular weight is 273 g/mol. The molecule has 0 spiro atoms. The third kappa shape index (κ3) is 2.99. The molecule has 1 aromatic carbocycles. The molecule has 0 saturated carbocycles. The van der Waals surface area contributed by atoms with Crippen LogP contribution >= 0.6 is 0 Å². The summed E-state index contributed by atoms with van der Waals surface area (Å²) >= 11 is 0. The molecule has 0 unspecified atom stereocenters. The molecule has 0 atom stereocenters. The first-order valence-electron chi connectivity index (χ1n) is 6.77. The zero-order valence-corrected chi connectivity index (χ0v) is 11.6. The summed E-state index contributed by atoms with van der Waals surface area (Å²) in [5.74, 6) is 0. The van der Waals surface area contributed by atoms with Gasteiger partial charge in [-0.1, -0.05) is 25.1 Å². The van der Waals surface area contributed by atoms with Gasteiger partial charge in [-0.2, -0.15) is 0 Å². The van der Waals surface area contributed by atoms with E-state index in [1.807, 2.05) is 31.2 Å². The smallest absolute Gasteiger partial charge is 0.330 e. The number of aromatic nitrogens is 2. The van der Waals surface area contributed by atoms with E-state index in [4.69, 9.17) is 5.73 Å². The Kier molecular flexibility index (Phi) is 4.40.